The predicted molar refractivity (Wildman–Crippen MR) is 50.0 cm³/mol. The SMILES string of the molecule is NSNCC(F)c1ccccc1F. The standard InChI is InChI=1S/C8H10F2N2S/c9-7-4-2-1-3-6(7)8(10)5-12-13-11/h1-4,8,12H,5,11H2. The summed E-state index contributed by atoms with van der Waals surface area (Å²) in [6.07, 6.45) is -1.36. The molecule has 1 rings (SSSR count). The third-order valence-corrected chi connectivity index (χ3v) is 1.92. The average Bonchev–Trinajstić information content (AvgIpc) is 2.15. The molecule has 0 saturated heterocycles. The fraction of sp³-hybridized carbons (Fsp3) is 0.250. The number of halogens is 2. The highest BCUT2D eigenvalue weighted by molar-refractivity contribution is 7.95. The molecule has 1 aromatic rings. The van der Waals surface area contributed by atoms with Crippen molar-refractivity contribution >= 4 is 12.1 Å². The summed E-state index contributed by atoms with van der Waals surface area (Å²) in [5.41, 5.74) is 0.0593. The van der Waals surface area contributed by atoms with Crippen LogP contribution in [0, 0.1) is 5.82 Å². The highest BCUT2D eigenvalue weighted by atomic mass is 32.2. The van der Waals surface area contributed by atoms with Gasteiger partial charge in [-0.25, -0.2) is 13.5 Å². The van der Waals surface area contributed by atoms with E-state index in [2.05, 4.69) is 4.72 Å². The van der Waals surface area contributed by atoms with Crippen molar-refractivity contribution in [2.24, 2.45) is 5.14 Å². The Hall–Kier alpha value is -0.650. The largest absolute Gasteiger partial charge is 0.264 e. The van der Waals surface area contributed by atoms with Gasteiger partial charge >= 0.3 is 0 Å². The van der Waals surface area contributed by atoms with Gasteiger partial charge < -0.3 is 0 Å². The molecule has 0 radical (unpaired) electrons. The van der Waals surface area contributed by atoms with E-state index in [9.17, 15) is 8.78 Å². The van der Waals surface area contributed by atoms with Crippen molar-refractivity contribution in [2.75, 3.05) is 6.54 Å². The molecule has 0 heterocycles. The van der Waals surface area contributed by atoms with Crippen LogP contribution < -0.4 is 9.86 Å². The summed E-state index contributed by atoms with van der Waals surface area (Å²) in [5, 5.41) is 5.04. The van der Waals surface area contributed by atoms with Crippen LogP contribution in [0.3, 0.4) is 0 Å². The second-order valence-corrected chi connectivity index (χ2v) is 2.98. The van der Waals surface area contributed by atoms with Gasteiger partial charge in [-0.3, -0.25) is 5.14 Å². The van der Waals surface area contributed by atoms with Gasteiger partial charge in [0.25, 0.3) is 0 Å². The van der Waals surface area contributed by atoms with Crippen LogP contribution >= 0.6 is 12.1 Å². The number of rotatable bonds is 4. The Morgan fingerprint density at radius 1 is 1.46 bits per heavy atom. The summed E-state index contributed by atoms with van der Waals surface area (Å²) in [4.78, 5) is 0. The summed E-state index contributed by atoms with van der Waals surface area (Å²) in [5.74, 6) is -0.529. The number of benzene rings is 1. The van der Waals surface area contributed by atoms with Crippen LogP contribution in [0.5, 0.6) is 0 Å². The first-order valence-electron chi connectivity index (χ1n) is 3.72. The van der Waals surface area contributed by atoms with E-state index in [0.29, 0.717) is 0 Å². The highest BCUT2D eigenvalue weighted by Crippen LogP contribution is 2.19. The fourth-order valence-electron chi connectivity index (χ4n) is 0.960. The normalized spacial score (nSPS) is 12.8. The number of nitrogens with two attached hydrogens (primary N) is 1. The van der Waals surface area contributed by atoms with Crippen LogP contribution in [-0.2, 0) is 0 Å². The lowest BCUT2D eigenvalue weighted by molar-refractivity contribution is 0.335. The summed E-state index contributed by atoms with van der Waals surface area (Å²) in [6.45, 7) is 0.00208. The van der Waals surface area contributed by atoms with E-state index in [0.717, 1.165) is 12.1 Å². The van der Waals surface area contributed by atoms with Gasteiger partial charge in [-0.15, -0.1) is 0 Å². The van der Waals surface area contributed by atoms with Crippen LogP contribution in [0.1, 0.15) is 11.7 Å². The van der Waals surface area contributed by atoms with E-state index in [1.54, 1.807) is 6.07 Å². The zero-order valence-electron chi connectivity index (χ0n) is 6.84. The topological polar surface area (TPSA) is 38.0 Å². The van der Waals surface area contributed by atoms with Gasteiger partial charge in [-0.2, -0.15) is 0 Å². The maximum Gasteiger partial charge on any atom is 0.141 e. The quantitative estimate of drug-likeness (QED) is 0.736. The van der Waals surface area contributed by atoms with Crippen molar-refractivity contribution in [1.82, 2.24) is 4.72 Å². The molecule has 72 valence electrons. The van der Waals surface area contributed by atoms with Crippen LogP contribution in [0.2, 0.25) is 0 Å². The molecular weight excluding hydrogens is 194 g/mol. The number of hydrogen-bond acceptors (Lipinski definition) is 3. The van der Waals surface area contributed by atoms with Gasteiger partial charge in [0.1, 0.15) is 12.0 Å². The molecule has 0 bridgehead atoms. The van der Waals surface area contributed by atoms with E-state index < -0.39 is 12.0 Å². The van der Waals surface area contributed by atoms with Crippen LogP contribution in [0.25, 0.3) is 0 Å². The minimum absolute atomic E-state index is 0.00208. The lowest BCUT2D eigenvalue weighted by Gasteiger charge is -2.08. The summed E-state index contributed by atoms with van der Waals surface area (Å²) in [6, 6.07) is 5.78. The molecule has 0 fully saturated rings. The number of nitrogens with one attached hydrogen (secondary N) is 1. The summed E-state index contributed by atoms with van der Waals surface area (Å²) < 4.78 is 28.7. The van der Waals surface area contributed by atoms with Crippen molar-refractivity contribution in [1.29, 1.82) is 0 Å². The lowest BCUT2D eigenvalue weighted by atomic mass is 10.1. The molecular formula is C8H10F2N2S. The molecule has 1 aromatic carbocycles. The van der Waals surface area contributed by atoms with E-state index >= 15 is 0 Å². The van der Waals surface area contributed by atoms with Gasteiger partial charge in [0, 0.05) is 24.2 Å². The Morgan fingerprint density at radius 3 is 2.77 bits per heavy atom. The van der Waals surface area contributed by atoms with E-state index in [4.69, 9.17) is 5.14 Å². The van der Waals surface area contributed by atoms with Gasteiger partial charge in [-0.05, 0) is 6.07 Å². The second-order valence-electron chi connectivity index (χ2n) is 2.46. The maximum absolute atomic E-state index is 13.2. The Balaban J connectivity index is 2.65. The molecule has 0 aliphatic rings. The lowest BCUT2D eigenvalue weighted by Crippen LogP contribution is -2.14. The molecule has 0 aromatic heterocycles. The molecule has 3 N–H and O–H groups in total. The monoisotopic (exact) mass is 204 g/mol. The number of alkyl halides is 1. The van der Waals surface area contributed by atoms with E-state index in [1.165, 1.54) is 18.2 Å². The second kappa shape index (κ2) is 5.16. The molecule has 2 nitrogen and oxygen atoms in total. The average molecular weight is 204 g/mol. The zero-order chi connectivity index (χ0) is 9.68. The first-order valence-corrected chi connectivity index (χ1v) is 4.60. The minimum atomic E-state index is -1.36. The number of hydrogen-bond donors (Lipinski definition) is 2. The van der Waals surface area contributed by atoms with E-state index in [-0.39, 0.29) is 12.1 Å². The molecule has 0 amide bonds. The molecule has 1 unspecified atom stereocenters. The Labute approximate surface area is 79.8 Å². The smallest absolute Gasteiger partial charge is 0.141 e. The van der Waals surface area contributed by atoms with Gasteiger partial charge in [0.05, 0.1) is 0 Å². The molecule has 1 atom stereocenters. The molecule has 0 aliphatic carbocycles. The Kier molecular flexibility index (Phi) is 4.14. The highest BCUT2D eigenvalue weighted by Gasteiger charge is 2.12. The Morgan fingerprint density at radius 2 is 2.15 bits per heavy atom. The fourth-order valence-corrected chi connectivity index (χ4v) is 1.20. The molecule has 0 saturated carbocycles. The van der Waals surface area contributed by atoms with Crippen molar-refractivity contribution < 1.29 is 8.78 Å². The first kappa shape index (κ1) is 10.4. The third kappa shape index (κ3) is 2.95. The predicted octanol–water partition coefficient (Wildman–Crippen LogP) is 1.95. The van der Waals surface area contributed by atoms with Gasteiger partial charge in [0.15, 0.2) is 0 Å². The van der Waals surface area contributed by atoms with Crippen molar-refractivity contribution in [3.63, 3.8) is 0 Å². The van der Waals surface area contributed by atoms with Gasteiger partial charge in [0.2, 0.25) is 0 Å². The van der Waals surface area contributed by atoms with Gasteiger partial charge in [-0.1, -0.05) is 18.2 Å². The minimum Gasteiger partial charge on any atom is -0.264 e. The van der Waals surface area contributed by atoms with Crippen LogP contribution in [0.15, 0.2) is 24.3 Å². The Bertz CT molecular complexity index is 270. The third-order valence-electron chi connectivity index (χ3n) is 1.59. The van der Waals surface area contributed by atoms with Crippen molar-refractivity contribution in [2.45, 2.75) is 6.17 Å². The maximum atomic E-state index is 13.2. The van der Waals surface area contributed by atoms with Crippen molar-refractivity contribution in [3.8, 4) is 0 Å². The van der Waals surface area contributed by atoms with Crippen LogP contribution in [-0.4, -0.2) is 6.54 Å². The first-order chi connectivity index (χ1) is 6.25. The summed E-state index contributed by atoms with van der Waals surface area (Å²) in [7, 11) is 0. The van der Waals surface area contributed by atoms with Crippen LogP contribution in [0.4, 0.5) is 8.78 Å². The summed E-state index contributed by atoms with van der Waals surface area (Å²) >= 11 is 0.818. The molecule has 0 spiro atoms. The van der Waals surface area contributed by atoms with Crippen molar-refractivity contribution in [3.05, 3.63) is 35.6 Å². The molecule has 0 aliphatic heterocycles. The zero-order valence-corrected chi connectivity index (χ0v) is 7.65. The van der Waals surface area contributed by atoms with E-state index in [1.807, 2.05) is 0 Å². The molecule has 13 heavy (non-hydrogen) atoms. The molecule has 5 heteroatoms.